The molecule has 0 aliphatic carbocycles. The monoisotopic (exact) mass is 314 g/mol. The highest BCUT2D eigenvalue weighted by molar-refractivity contribution is 6.01. The molecule has 1 heterocycles. The highest BCUT2D eigenvalue weighted by atomic mass is 16.6. The maximum atomic E-state index is 12.5. The van der Waals surface area contributed by atoms with Crippen LogP contribution in [0.15, 0.2) is 48.1 Å². The molecule has 1 aliphatic rings. The third-order valence-electron chi connectivity index (χ3n) is 3.65. The third-order valence-corrected chi connectivity index (χ3v) is 3.65. The van der Waals surface area contributed by atoms with Crippen LogP contribution in [0.25, 0.3) is 0 Å². The van der Waals surface area contributed by atoms with E-state index in [0.29, 0.717) is 19.5 Å². The molecule has 23 heavy (non-hydrogen) atoms. The van der Waals surface area contributed by atoms with Crippen LogP contribution in [-0.2, 0) is 9.63 Å². The quantitative estimate of drug-likeness (QED) is 0.752. The SMILES string of the molecule is C=CCN(C[C@H]1CC(c2ccccc2)=NO1)C(=O)CC(C)(C)C. The van der Waals surface area contributed by atoms with E-state index in [1.807, 2.05) is 35.2 Å². The van der Waals surface area contributed by atoms with Crippen molar-refractivity contribution in [1.29, 1.82) is 0 Å². The third kappa shape index (κ3) is 5.23. The van der Waals surface area contributed by atoms with Crippen molar-refractivity contribution in [3.63, 3.8) is 0 Å². The first-order valence-electron chi connectivity index (χ1n) is 8.06. The van der Waals surface area contributed by atoms with Gasteiger partial charge in [0, 0.05) is 19.4 Å². The second kappa shape index (κ2) is 7.44. The summed E-state index contributed by atoms with van der Waals surface area (Å²) < 4.78 is 0. The lowest BCUT2D eigenvalue weighted by atomic mass is 9.91. The van der Waals surface area contributed by atoms with Gasteiger partial charge in [0.05, 0.1) is 12.3 Å². The van der Waals surface area contributed by atoms with Crippen LogP contribution in [0.3, 0.4) is 0 Å². The van der Waals surface area contributed by atoms with Crippen molar-refractivity contribution in [2.24, 2.45) is 10.6 Å². The van der Waals surface area contributed by atoms with Gasteiger partial charge in [0.15, 0.2) is 6.10 Å². The number of benzene rings is 1. The largest absolute Gasteiger partial charge is 0.390 e. The Morgan fingerprint density at radius 3 is 2.70 bits per heavy atom. The van der Waals surface area contributed by atoms with E-state index in [4.69, 9.17) is 4.84 Å². The van der Waals surface area contributed by atoms with Crippen LogP contribution in [0.2, 0.25) is 0 Å². The fraction of sp³-hybridized carbons (Fsp3) is 0.474. The summed E-state index contributed by atoms with van der Waals surface area (Å²) in [5.74, 6) is 0.133. The molecule has 0 radical (unpaired) electrons. The van der Waals surface area contributed by atoms with Gasteiger partial charge in [-0.15, -0.1) is 6.58 Å². The normalized spacial score (nSPS) is 17.3. The number of hydrogen-bond acceptors (Lipinski definition) is 3. The van der Waals surface area contributed by atoms with Gasteiger partial charge in [0.25, 0.3) is 0 Å². The average Bonchev–Trinajstić information content (AvgIpc) is 2.94. The summed E-state index contributed by atoms with van der Waals surface area (Å²) in [6.45, 7) is 11.0. The molecule has 0 saturated heterocycles. The van der Waals surface area contributed by atoms with E-state index in [9.17, 15) is 4.79 Å². The van der Waals surface area contributed by atoms with Gasteiger partial charge in [-0.3, -0.25) is 4.79 Å². The minimum atomic E-state index is -0.0888. The molecule has 4 heteroatoms. The first kappa shape index (κ1) is 17.3. The van der Waals surface area contributed by atoms with Crippen molar-refractivity contribution in [1.82, 2.24) is 4.90 Å². The van der Waals surface area contributed by atoms with Gasteiger partial charge in [-0.1, -0.05) is 62.3 Å². The first-order valence-corrected chi connectivity index (χ1v) is 8.06. The Morgan fingerprint density at radius 1 is 1.39 bits per heavy atom. The predicted octanol–water partition coefficient (Wildman–Crippen LogP) is 3.63. The zero-order chi connectivity index (χ0) is 16.9. The standard InChI is InChI=1S/C19H26N2O2/c1-5-11-21(18(22)13-19(2,3)4)14-16-12-17(20-23-16)15-9-7-6-8-10-15/h5-10,16H,1,11-14H2,2-4H3/t16-/m1/s1. The van der Waals surface area contributed by atoms with Gasteiger partial charge in [-0.2, -0.15) is 0 Å². The van der Waals surface area contributed by atoms with E-state index in [1.54, 1.807) is 6.08 Å². The fourth-order valence-corrected chi connectivity index (χ4v) is 2.57. The minimum absolute atomic E-state index is 0.0290. The molecule has 0 spiro atoms. The molecule has 4 nitrogen and oxygen atoms in total. The maximum absolute atomic E-state index is 12.5. The van der Waals surface area contributed by atoms with E-state index in [1.165, 1.54) is 0 Å². The zero-order valence-corrected chi connectivity index (χ0v) is 14.3. The molecular weight excluding hydrogens is 288 g/mol. The van der Waals surface area contributed by atoms with Crippen LogP contribution in [0, 0.1) is 5.41 Å². The molecule has 0 saturated carbocycles. The van der Waals surface area contributed by atoms with Gasteiger partial charge in [-0.25, -0.2) is 0 Å². The van der Waals surface area contributed by atoms with E-state index in [0.717, 1.165) is 17.7 Å². The smallest absolute Gasteiger partial charge is 0.223 e. The molecule has 124 valence electrons. The molecule has 2 rings (SSSR count). The van der Waals surface area contributed by atoms with Gasteiger partial charge < -0.3 is 9.74 Å². The molecule has 0 N–H and O–H groups in total. The first-order chi connectivity index (χ1) is 10.9. The molecule has 0 unspecified atom stereocenters. The molecule has 1 aromatic rings. The Labute approximate surface area is 138 Å². The Morgan fingerprint density at radius 2 is 2.09 bits per heavy atom. The van der Waals surface area contributed by atoms with Crippen LogP contribution in [0.1, 0.15) is 39.2 Å². The van der Waals surface area contributed by atoms with Crippen LogP contribution in [-0.4, -0.2) is 35.7 Å². The number of hydrogen-bond donors (Lipinski definition) is 0. The maximum Gasteiger partial charge on any atom is 0.223 e. The molecular formula is C19H26N2O2. The lowest BCUT2D eigenvalue weighted by Gasteiger charge is -2.27. The van der Waals surface area contributed by atoms with E-state index in [2.05, 4.69) is 32.5 Å². The lowest BCUT2D eigenvalue weighted by molar-refractivity contribution is -0.134. The van der Waals surface area contributed by atoms with Gasteiger partial charge in [-0.05, 0) is 11.0 Å². The van der Waals surface area contributed by atoms with Crippen molar-refractivity contribution in [3.8, 4) is 0 Å². The Balaban J connectivity index is 1.95. The lowest BCUT2D eigenvalue weighted by Crippen LogP contribution is -2.39. The van der Waals surface area contributed by atoms with E-state index < -0.39 is 0 Å². The number of rotatable bonds is 6. The van der Waals surface area contributed by atoms with Crippen molar-refractivity contribution in [2.75, 3.05) is 13.1 Å². The molecule has 0 bridgehead atoms. The van der Waals surface area contributed by atoms with Crippen LogP contribution in [0.4, 0.5) is 0 Å². The second-order valence-electron chi connectivity index (χ2n) is 7.16. The Hall–Kier alpha value is -2.10. The topological polar surface area (TPSA) is 41.9 Å². The molecule has 1 aromatic carbocycles. The number of nitrogens with zero attached hydrogens (tertiary/aromatic N) is 2. The summed E-state index contributed by atoms with van der Waals surface area (Å²) in [6, 6.07) is 10.0. The summed E-state index contributed by atoms with van der Waals surface area (Å²) in [5.41, 5.74) is 1.99. The van der Waals surface area contributed by atoms with Crippen LogP contribution >= 0.6 is 0 Å². The van der Waals surface area contributed by atoms with Gasteiger partial charge in [0.2, 0.25) is 5.91 Å². The van der Waals surface area contributed by atoms with Crippen molar-refractivity contribution in [2.45, 2.75) is 39.7 Å². The molecule has 0 aromatic heterocycles. The number of oxime groups is 1. The number of amides is 1. The summed E-state index contributed by atoms with van der Waals surface area (Å²) in [4.78, 5) is 19.8. The summed E-state index contributed by atoms with van der Waals surface area (Å²) >= 11 is 0. The van der Waals surface area contributed by atoms with Crippen molar-refractivity contribution < 1.29 is 9.63 Å². The highest BCUT2D eigenvalue weighted by Gasteiger charge is 2.27. The summed E-state index contributed by atoms with van der Waals surface area (Å²) in [6.07, 6.45) is 2.91. The second-order valence-corrected chi connectivity index (χ2v) is 7.16. The molecule has 1 amide bonds. The predicted molar refractivity (Wildman–Crippen MR) is 93.3 cm³/mol. The Bertz CT molecular complexity index is 573. The van der Waals surface area contributed by atoms with Crippen molar-refractivity contribution >= 4 is 11.6 Å². The number of carbonyl (C=O) groups is 1. The number of carbonyl (C=O) groups excluding carboxylic acids is 1. The summed E-state index contributed by atoms with van der Waals surface area (Å²) in [7, 11) is 0. The summed E-state index contributed by atoms with van der Waals surface area (Å²) in [5, 5.41) is 4.19. The Kier molecular flexibility index (Phi) is 5.59. The molecule has 1 aliphatic heterocycles. The van der Waals surface area contributed by atoms with Crippen molar-refractivity contribution in [3.05, 3.63) is 48.6 Å². The van der Waals surface area contributed by atoms with Crippen LogP contribution < -0.4 is 0 Å². The van der Waals surface area contributed by atoms with E-state index >= 15 is 0 Å². The highest BCUT2D eigenvalue weighted by Crippen LogP contribution is 2.22. The molecule has 0 fully saturated rings. The fourth-order valence-electron chi connectivity index (χ4n) is 2.57. The zero-order valence-electron chi connectivity index (χ0n) is 14.3. The minimum Gasteiger partial charge on any atom is -0.390 e. The van der Waals surface area contributed by atoms with Gasteiger partial charge >= 0.3 is 0 Å². The van der Waals surface area contributed by atoms with Crippen LogP contribution in [0.5, 0.6) is 0 Å². The van der Waals surface area contributed by atoms with Gasteiger partial charge in [0.1, 0.15) is 0 Å². The average molecular weight is 314 g/mol. The molecule has 1 atom stereocenters. The van der Waals surface area contributed by atoms with E-state index in [-0.39, 0.29) is 17.4 Å².